The van der Waals surface area contributed by atoms with E-state index in [4.69, 9.17) is 0 Å². The van der Waals surface area contributed by atoms with Crippen LogP contribution in [0.4, 0.5) is 0 Å². The second-order valence-corrected chi connectivity index (χ2v) is 6.88. The molecule has 2 fully saturated rings. The fourth-order valence-corrected chi connectivity index (χ4v) is 4.21. The number of carbonyl (C=O) groups is 3. The number of fused-ring (bicyclic) bond motifs is 5. The van der Waals surface area contributed by atoms with Gasteiger partial charge in [-0.15, -0.1) is 0 Å². The van der Waals surface area contributed by atoms with E-state index in [-0.39, 0.29) is 35.5 Å². The van der Waals surface area contributed by atoms with Gasteiger partial charge in [0.2, 0.25) is 0 Å². The van der Waals surface area contributed by atoms with E-state index < -0.39 is 5.91 Å². The quantitative estimate of drug-likeness (QED) is 0.646. The smallest absolute Gasteiger partial charge is 0.270 e. The van der Waals surface area contributed by atoms with Crippen LogP contribution in [0, 0.1) is 23.7 Å². The standard InChI is InChI=1S/C16H13BrN2O3/c17-11-3-1-2-10(7-11)14(20)18-19-15(21)12-8-4-5-9(6-8)13(12)16(19)22/h1-5,7-9,12-13H,6H2,(H,18,20). The summed E-state index contributed by atoms with van der Waals surface area (Å²) < 4.78 is 0.762. The molecule has 2 bridgehead atoms. The van der Waals surface area contributed by atoms with Crippen LogP contribution in [0.5, 0.6) is 0 Å². The Bertz CT molecular complexity index is 700. The van der Waals surface area contributed by atoms with Gasteiger partial charge in [0.25, 0.3) is 17.7 Å². The van der Waals surface area contributed by atoms with E-state index in [1.165, 1.54) is 0 Å². The summed E-state index contributed by atoms with van der Waals surface area (Å²) in [6.07, 6.45) is 4.92. The van der Waals surface area contributed by atoms with E-state index in [0.717, 1.165) is 15.9 Å². The highest BCUT2D eigenvalue weighted by molar-refractivity contribution is 9.10. The van der Waals surface area contributed by atoms with Crippen LogP contribution in [-0.2, 0) is 9.59 Å². The first-order valence-electron chi connectivity index (χ1n) is 7.19. The van der Waals surface area contributed by atoms with Crippen LogP contribution in [0.2, 0.25) is 0 Å². The highest BCUT2D eigenvalue weighted by Crippen LogP contribution is 2.52. The highest BCUT2D eigenvalue weighted by atomic mass is 79.9. The molecule has 1 N–H and O–H groups in total. The van der Waals surface area contributed by atoms with E-state index in [1.807, 2.05) is 12.2 Å². The summed E-state index contributed by atoms with van der Waals surface area (Å²) in [5.41, 5.74) is 2.86. The maximum Gasteiger partial charge on any atom is 0.270 e. The summed E-state index contributed by atoms with van der Waals surface area (Å²) in [6, 6.07) is 6.81. The Labute approximate surface area is 135 Å². The van der Waals surface area contributed by atoms with E-state index in [0.29, 0.717) is 5.56 Å². The SMILES string of the molecule is O=C(NN1C(=O)C2C3C=CC(C3)C2C1=O)c1cccc(Br)c1. The zero-order valence-corrected chi connectivity index (χ0v) is 13.1. The van der Waals surface area contributed by atoms with Crippen molar-refractivity contribution in [1.29, 1.82) is 0 Å². The van der Waals surface area contributed by atoms with Crippen LogP contribution in [0.25, 0.3) is 0 Å². The molecule has 4 atom stereocenters. The molecule has 1 aliphatic heterocycles. The predicted octanol–water partition coefficient (Wildman–Crippen LogP) is 1.90. The van der Waals surface area contributed by atoms with Gasteiger partial charge in [0.1, 0.15) is 0 Å². The summed E-state index contributed by atoms with van der Waals surface area (Å²) in [7, 11) is 0. The minimum absolute atomic E-state index is 0.138. The van der Waals surface area contributed by atoms with Gasteiger partial charge in [-0.3, -0.25) is 19.8 Å². The van der Waals surface area contributed by atoms with Crippen molar-refractivity contribution in [2.75, 3.05) is 0 Å². The molecule has 0 spiro atoms. The Morgan fingerprint density at radius 1 is 1.14 bits per heavy atom. The number of nitrogens with one attached hydrogen (secondary N) is 1. The summed E-state index contributed by atoms with van der Waals surface area (Å²) in [5, 5.41) is 0.921. The van der Waals surface area contributed by atoms with Crippen molar-refractivity contribution in [2.45, 2.75) is 6.42 Å². The van der Waals surface area contributed by atoms with Crippen LogP contribution < -0.4 is 5.43 Å². The van der Waals surface area contributed by atoms with Crippen LogP contribution >= 0.6 is 15.9 Å². The van der Waals surface area contributed by atoms with Crippen molar-refractivity contribution >= 4 is 33.7 Å². The van der Waals surface area contributed by atoms with Crippen molar-refractivity contribution in [3.8, 4) is 0 Å². The Hall–Kier alpha value is -1.95. The van der Waals surface area contributed by atoms with Gasteiger partial charge in [0, 0.05) is 10.0 Å². The third kappa shape index (κ3) is 1.86. The molecule has 0 radical (unpaired) electrons. The second-order valence-electron chi connectivity index (χ2n) is 5.96. The molecule has 6 heteroatoms. The van der Waals surface area contributed by atoms with Gasteiger partial charge in [-0.25, -0.2) is 0 Å². The van der Waals surface area contributed by atoms with Gasteiger partial charge < -0.3 is 0 Å². The van der Waals surface area contributed by atoms with Crippen molar-refractivity contribution in [3.05, 3.63) is 46.5 Å². The molecule has 1 saturated heterocycles. The number of hydrazine groups is 1. The Morgan fingerprint density at radius 3 is 2.36 bits per heavy atom. The van der Waals surface area contributed by atoms with Gasteiger partial charge in [-0.1, -0.05) is 34.1 Å². The van der Waals surface area contributed by atoms with Crippen molar-refractivity contribution in [1.82, 2.24) is 10.4 Å². The van der Waals surface area contributed by atoms with E-state index >= 15 is 0 Å². The number of carbonyl (C=O) groups excluding carboxylic acids is 3. The van der Waals surface area contributed by atoms with E-state index in [2.05, 4.69) is 21.4 Å². The van der Waals surface area contributed by atoms with Gasteiger partial charge in [-0.2, -0.15) is 5.01 Å². The largest absolute Gasteiger partial charge is 0.272 e. The second kappa shape index (κ2) is 4.78. The third-order valence-corrected chi connectivity index (χ3v) is 5.26. The van der Waals surface area contributed by atoms with E-state index in [1.54, 1.807) is 24.3 Å². The lowest BCUT2D eigenvalue weighted by molar-refractivity contribution is -0.143. The van der Waals surface area contributed by atoms with Crippen LogP contribution in [0.3, 0.4) is 0 Å². The average Bonchev–Trinajstić information content (AvgIpc) is 3.17. The number of rotatable bonds is 2. The monoisotopic (exact) mass is 360 g/mol. The molecule has 112 valence electrons. The Kier molecular flexibility index (Phi) is 2.97. The van der Waals surface area contributed by atoms with E-state index in [9.17, 15) is 14.4 Å². The minimum atomic E-state index is -0.455. The van der Waals surface area contributed by atoms with Crippen molar-refractivity contribution < 1.29 is 14.4 Å². The number of halogens is 1. The molecule has 3 amide bonds. The number of allylic oxidation sites excluding steroid dienone is 2. The molecule has 1 aromatic rings. The molecule has 1 saturated carbocycles. The number of amides is 3. The molecular weight excluding hydrogens is 348 g/mol. The van der Waals surface area contributed by atoms with Crippen LogP contribution in [0.15, 0.2) is 40.9 Å². The number of nitrogens with zero attached hydrogens (tertiary/aromatic N) is 1. The van der Waals surface area contributed by atoms with Gasteiger partial charge in [-0.05, 0) is 36.5 Å². The molecule has 1 heterocycles. The number of hydrogen-bond acceptors (Lipinski definition) is 3. The first kappa shape index (κ1) is 13.7. The van der Waals surface area contributed by atoms with Crippen molar-refractivity contribution in [2.24, 2.45) is 23.7 Å². The third-order valence-electron chi connectivity index (χ3n) is 4.77. The molecule has 3 aliphatic rings. The number of benzene rings is 1. The van der Waals surface area contributed by atoms with Gasteiger partial charge in [0.15, 0.2) is 0 Å². The first-order valence-corrected chi connectivity index (χ1v) is 7.98. The maximum atomic E-state index is 12.5. The van der Waals surface area contributed by atoms with Crippen LogP contribution in [-0.4, -0.2) is 22.7 Å². The lowest BCUT2D eigenvalue weighted by Gasteiger charge is -2.18. The zero-order valence-electron chi connectivity index (χ0n) is 11.5. The molecule has 4 unspecified atom stereocenters. The summed E-state index contributed by atoms with van der Waals surface area (Å²) in [4.78, 5) is 37.2. The molecule has 2 aliphatic carbocycles. The highest BCUT2D eigenvalue weighted by Gasteiger charge is 2.59. The normalized spacial score (nSPS) is 31.8. The van der Waals surface area contributed by atoms with Gasteiger partial charge in [0.05, 0.1) is 11.8 Å². The molecule has 1 aromatic carbocycles. The summed E-state index contributed by atoms with van der Waals surface area (Å²) >= 11 is 3.29. The summed E-state index contributed by atoms with van der Waals surface area (Å²) in [6.45, 7) is 0. The topological polar surface area (TPSA) is 66.5 Å². The fraction of sp³-hybridized carbons (Fsp3) is 0.312. The lowest BCUT2D eigenvalue weighted by Crippen LogP contribution is -2.47. The minimum Gasteiger partial charge on any atom is -0.272 e. The first-order chi connectivity index (χ1) is 10.6. The Morgan fingerprint density at radius 2 is 1.77 bits per heavy atom. The maximum absolute atomic E-state index is 12.5. The number of imide groups is 1. The average molecular weight is 361 g/mol. The number of hydrogen-bond donors (Lipinski definition) is 1. The Balaban J connectivity index is 1.56. The lowest BCUT2D eigenvalue weighted by atomic mass is 9.85. The summed E-state index contributed by atoms with van der Waals surface area (Å²) in [5.74, 6) is -1.34. The van der Waals surface area contributed by atoms with Gasteiger partial charge >= 0.3 is 0 Å². The fourth-order valence-electron chi connectivity index (χ4n) is 3.81. The molecule has 4 rings (SSSR count). The molecule has 22 heavy (non-hydrogen) atoms. The zero-order chi connectivity index (χ0) is 15.4. The molecule has 5 nitrogen and oxygen atoms in total. The van der Waals surface area contributed by atoms with Crippen LogP contribution in [0.1, 0.15) is 16.8 Å². The predicted molar refractivity (Wildman–Crippen MR) is 81.2 cm³/mol. The molecular formula is C16H13BrN2O3. The van der Waals surface area contributed by atoms with Crippen molar-refractivity contribution in [3.63, 3.8) is 0 Å². The molecule has 0 aromatic heterocycles.